The summed E-state index contributed by atoms with van der Waals surface area (Å²) < 4.78 is 43.4. The molecule has 3 rings (SSSR count). The first kappa shape index (κ1) is 22.7. The lowest BCUT2D eigenvalue weighted by molar-refractivity contribution is 0.0420. The number of unbranched alkanes of at least 4 members (excludes halogenated alkanes) is 1. The normalized spacial score (nSPS) is 15.0. The molecule has 1 aliphatic rings. The highest BCUT2D eigenvalue weighted by Crippen LogP contribution is 2.37. The van der Waals surface area contributed by atoms with Crippen LogP contribution in [0.1, 0.15) is 32.3 Å². The van der Waals surface area contributed by atoms with E-state index in [2.05, 4.69) is 14.8 Å². The van der Waals surface area contributed by atoms with Crippen molar-refractivity contribution in [3.63, 3.8) is 0 Å². The van der Waals surface area contributed by atoms with E-state index < -0.39 is 22.1 Å². The van der Waals surface area contributed by atoms with Crippen LogP contribution in [0.15, 0.2) is 47.6 Å². The van der Waals surface area contributed by atoms with E-state index in [0.29, 0.717) is 35.9 Å². The minimum Gasteiger partial charge on any atom is -0.494 e. The number of cyclic esters (lactones) is 1. The van der Waals surface area contributed by atoms with E-state index in [1.165, 1.54) is 30.5 Å². The molecule has 0 aromatic heterocycles. The highest BCUT2D eigenvalue weighted by Gasteiger charge is 2.33. The number of carbonyl (C=O) groups excluding carboxylic acids is 1. The van der Waals surface area contributed by atoms with E-state index >= 15 is 0 Å². The SMILES string of the molecule is CC1(C)OC(=O)Nc2cc(OCCCC=NOS(=O)(=O)Oc3ccc(Cl)cc3)ccc21. The molecule has 0 unspecified atom stereocenters. The zero-order valence-corrected chi connectivity index (χ0v) is 18.4. The van der Waals surface area contributed by atoms with Gasteiger partial charge in [0.1, 0.15) is 17.1 Å². The predicted octanol–water partition coefficient (Wildman–Crippen LogP) is 4.62. The maximum atomic E-state index is 11.7. The average molecular weight is 469 g/mol. The number of carbonyl (C=O) groups is 1. The van der Waals surface area contributed by atoms with Gasteiger partial charge in [0.15, 0.2) is 0 Å². The van der Waals surface area contributed by atoms with Crippen LogP contribution in [0, 0.1) is 0 Å². The molecule has 0 saturated carbocycles. The van der Waals surface area contributed by atoms with Gasteiger partial charge in [-0.1, -0.05) is 16.8 Å². The minimum absolute atomic E-state index is 0.0594. The predicted molar refractivity (Wildman–Crippen MR) is 115 cm³/mol. The van der Waals surface area contributed by atoms with E-state index in [0.717, 1.165) is 5.56 Å². The fourth-order valence-corrected chi connectivity index (χ4v) is 3.46. The molecule has 0 saturated heterocycles. The number of oxime groups is 1. The van der Waals surface area contributed by atoms with Crippen molar-refractivity contribution >= 4 is 40.0 Å². The maximum absolute atomic E-state index is 11.7. The lowest BCUT2D eigenvalue weighted by atomic mass is 9.95. The number of nitrogens with zero attached hydrogens (tertiary/aromatic N) is 1. The van der Waals surface area contributed by atoms with Gasteiger partial charge >= 0.3 is 16.5 Å². The Bertz CT molecular complexity index is 1070. The molecule has 0 atom stereocenters. The molecule has 0 spiro atoms. The summed E-state index contributed by atoms with van der Waals surface area (Å²) in [5, 5.41) is 6.50. The van der Waals surface area contributed by atoms with E-state index in [-0.39, 0.29) is 5.75 Å². The molecule has 166 valence electrons. The molecular formula is C20H21ClN2O7S. The fourth-order valence-electron chi connectivity index (χ4n) is 2.79. The molecular weight excluding hydrogens is 448 g/mol. The van der Waals surface area contributed by atoms with Crippen LogP contribution in [0.3, 0.4) is 0 Å². The number of hydrogen-bond donors (Lipinski definition) is 1. The summed E-state index contributed by atoms with van der Waals surface area (Å²) in [6.07, 6.45) is 1.77. The van der Waals surface area contributed by atoms with E-state index in [4.69, 9.17) is 25.3 Å². The Morgan fingerprint density at radius 3 is 2.61 bits per heavy atom. The second-order valence-corrected chi connectivity index (χ2v) is 8.60. The van der Waals surface area contributed by atoms with Crippen LogP contribution < -0.4 is 14.2 Å². The average Bonchev–Trinajstić information content (AvgIpc) is 2.67. The standard InChI is InChI=1S/C20H21ClN2O7S/c1-20(2)17-10-9-16(13-18(17)23-19(24)28-20)27-12-4-3-11-22-30-31(25,26)29-15-7-5-14(21)6-8-15/h5-11,13H,3-4,12H2,1-2H3,(H,23,24). The van der Waals surface area contributed by atoms with Gasteiger partial charge in [-0.2, -0.15) is 0 Å². The number of fused-ring (bicyclic) bond motifs is 1. The number of halogens is 1. The summed E-state index contributed by atoms with van der Waals surface area (Å²) in [5.41, 5.74) is 0.773. The molecule has 0 bridgehead atoms. The number of nitrogens with one attached hydrogen (secondary N) is 1. The lowest BCUT2D eigenvalue weighted by Gasteiger charge is -2.32. The second kappa shape index (κ2) is 9.44. The van der Waals surface area contributed by atoms with Gasteiger partial charge in [-0.05, 0) is 63.1 Å². The van der Waals surface area contributed by atoms with Crippen molar-refractivity contribution in [1.29, 1.82) is 0 Å². The van der Waals surface area contributed by atoms with Gasteiger partial charge in [0.25, 0.3) is 0 Å². The zero-order valence-electron chi connectivity index (χ0n) is 16.8. The minimum atomic E-state index is -4.32. The first-order valence-corrected chi connectivity index (χ1v) is 11.0. The van der Waals surface area contributed by atoms with Crippen molar-refractivity contribution in [2.75, 3.05) is 11.9 Å². The summed E-state index contributed by atoms with van der Waals surface area (Å²) in [5.74, 6) is 0.646. The van der Waals surface area contributed by atoms with Crippen LogP contribution in [-0.2, 0) is 25.0 Å². The topological polar surface area (TPSA) is 113 Å². The van der Waals surface area contributed by atoms with E-state index in [9.17, 15) is 13.2 Å². The largest absolute Gasteiger partial charge is 0.521 e. The monoisotopic (exact) mass is 468 g/mol. The van der Waals surface area contributed by atoms with Crippen LogP contribution in [-0.4, -0.2) is 27.3 Å². The molecule has 31 heavy (non-hydrogen) atoms. The van der Waals surface area contributed by atoms with Gasteiger partial charge in [0.05, 0.1) is 12.3 Å². The van der Waals surface area contributed by atoms with Crippen LogP contribution in [0.5, 0.6) is 11.5 Å². The Labute approximate surface area is 185 Å². The van der Waals surface area contributed by atoms with Gasteiger partial charge < -0.3 is 13.7 Å². The summed E-state index contributed by atoms with van der Waals surface area (Å²) in [4.78, 5) is 11.6. The molecule has 1 N–H and O–H groups in total. The Kier molecular flexibility index (Phi) is 6.91. The summed E-state index contributed by atoms with van der Waals surface area (Å²) in [6, 6.07) is 11.1. The number of amides is 1. The molecule has 9 nitrogen and oxygen atoms in total. The second-order valence-electron chi connectivity index (χ2n) is 7.03. The van der Waals surface area contributed by atoms with Crippen molar-refractivity contribution < 1.29 is 31.2 Å². The number of rotatable bonds is 9. The highest BCUT2D eigenvalue weighted by atomic mass is 35.5. The van der Waals surface area contributed by atoms with E-state index in [1.807, 2.05) is 19.9 Å². The Morgan fingerprint density at radius 1 is 1.16 bits per heavy atom. The fraction of sp³-hybridized carbons (Fsp3) is 0.300. The molecule has 1 heterocycles. The van der Waals surface area contributed by atoms with Gasteiger partial charge in [0, 0.05) is 22.9 Å². The van der Waals surface area contributed by atoms with Crippen LogP contribution in [0.2, 0.25) is 5.02 Å². The molecule has 2 aromatic rings. The van der Waals surface area contributed by atoms with Crippen LogP contribution in [0.25, 0.3) is 0 Å². The Balaban J connectivity index is 1.41. The first-order valence-electron chi connectivity index (χ1n) is 9.32. The highest BCUT2D eigenvalue weighted by molar-refractivity contribution is 7.82. The summed E-state index contributed by atoms with van der Waals surface area (Å²) >= 11 is 5.72. The van der Waals surface area contributed by atoms with Crippen molar-refractivity contribution in [2.45, 2.75) is 32.3 Å². The first-order chi connectivity index (χ1) is 14.6. The number of benzene rings is 2. The summed E-state index contributed by atoms with van der Waals surface area (Å²) in [7, 11) is -4.32. The maximum Gasteiger partial charge on any atom is 0.521 e. The van der Waals surface area contributed by atoms with E-state index in [1.54, 1.807) is 12.1 Å². The molecule has 11 heteroatoms. The molecule has 1 aliphatic heterocycles. The van der Waals surface area contributed by atoms with Gasteiger partial charge in [-0.25, -0.2) is 9.08 Å². The molecule has 2 aromatic carbocycles. The lowest BCUT2D eigenvalue weighted by Crippen LogP contribution is -2.34. The zero-order chi connectivity index (χ0) is 22.5. The van der Waals surface area contributed by atoms with Gasteiger partial charge in [-0.3, -0.25) is 5.32 Å². The number of hydrogen-bond acceptors (Lipinski definition) is 8. The molecule has 0 fully saturated rings. The molecule has 0 radical (unpaired) electrons. The van der Waals surface area contributed by atoms with Gasteiger partial charge in [-0.15, -0.1) is 8.42 Å². The molecule has 1 amide bonds. The third-order valence-electron chi connectivity index (χ3n) is 4.19. The van der Waals surface area contributed by atoms with Gasteiger partial charge in [0.2, 0.25) is 0 Å². The Morgan fingerprint density at radius 2 is 1.87 bits per heavy atom. The van der Waals surface area contributed by atoms with Crippen molar-refractivity contribution in [3.8, 4) is 11.5 Å². The summed E-state index contributed by atoms with van der Waals surface area (Å²) in [6.45, 7) is 3.98. The number of ether oxygens (including phenoxy) is 2. The van der Waals surface area contributed by atoms with Crippen molar-refractivity contribution in [2.24, 2.45) is 5.16 Å². The quantitative estimate of drug-likeness (QED) is 0.324. The van der Waals surface area contributed by atoms with Crippen molar-refractivity contribution in [1.82, 2.24) is 0 Å². The van der Waals surface area contributed by atoms with Crippen molar-refractivity contribution in [3.05, 3.63) is 53.1 Å². The van der Waals surface area contributed by atoms with Crippen LogP contribution >= 0.6 is 11.6 Å². The third-order valence-corrected chi connectivity index (χ3v) is 5.11. The smallest absolute Gasteiger partial charge is 0.494 e. The number of anilines is 1. The van der Waals surface area contributed by atoms with Crippen LogP contribution in [0.4, 0.5) is 10.5 Å². The molecule has 0 aliphatic carbocycles. The Hall–Kier alpha value is -2.98. The third kappa shape index (κ3) is 6.50.